The minimum atomic E-state index is -0.134. The van der Waals surface area contributed by atoms with Gasteiger partial charge in [-0.05, 0) is 47.0 Å². The van der Waals surface area contributed by atoms with Gasteiger partial charge in [0.15, 0.2) is 0 Å². The molecule has 0 unspecified atom stereocenters. The molecule has 120 valence electrons. The van der Waals surface area contributed by atoms with Crippen molar-refractivity contribution < 1.29 is 9.59 Å². The smallest absolute Gasteiger partial charge is 0.268 e. The van der Waals surface area contributed by atoms with Gasteiger partial charge < -0.3 is 10.2 Å². The van der Waals surface area contributed by atoms with Crippen LogP contribution in [0.2, 0.25) is 0 Å². The van der Waals surface area contributed by atoms with E-state index >= 15 is 0 Å². The molecule has 6 heteroatoms. The minimum Gasteiger partial charge on any atom is -0.322 e. The summed E-state index contributed by atoms with van der Waals surface area (Å²) in [5.41, 5.74) is 3.37. The Labute approximate surface area is 147 Å². The number of carbonyl (C=O) groups is 2. The second kappa shape index (κ2) is 6.22. The predicted molar refractivity (Wildman–Crippen MR) is 98.4 cm³/mol. The highest BCUT2D eigenvalue weighted by Gasteiger charge is 2.26. The quantitative estimate of drug-likeness (QED) is 0.764. The molecule has 1 aromatic carbocycles. The third-order valence-corrected chi connectivity index (χ3v) is 5.54. The van der Waals surface area contributed by atoms with Gasteiger partial charge in [0.05, 0.1) is 10.4 Å². The van der Waals surface area contributed by atoms with Gasteiger partial charge in [0.2, 0.25) is 0 Å². The lowest BCUT2D eigenvalue weighted by Crippen LogP contribution is -2.28. The van der Waals surface area contributed by atoms with Crippen LogP contribution in [0.1, 0.15) is 25.6 Å². The molecule has 4 nitrogen and oxygen atoms in total. The molecule has 1 aliphatic rings. The van der Waals surface area contributed by atoms with Gasteiger partial charge in [-0.15, -0.1) is 11.3 Å². The average Bonchev–Trinajstić information content (AvgIpc) is 3.33. The van der Waals surface area contributed by atoms with E-state index in [0.29, 0.717) is 17.8 Å². The maximum absolute atomic E-state index is 12.6. The number of nitrogens with zero attached hydrogens (tertiary/aromatic N) is 1. The minimum absolute atomic E-state index is 0.0186. The zero-order valence-electron chi connectivity index (χ0n) is 12.7. The number of anilines is 2. The lowest BCUT2D eigenvalue weighted by atomic mass is 10.1. The van der Waals surface area contributed by atoms with Crippen molar-refractivity contribution in [1.82, 2.24) is 0 Å². The first-order chi connectivity index (χ1) is 11.7. The van der Waals surface area contributed by atoms with Crippen molar-refractivity contribution in [3.8, 4) is 0 Å². The standard InChI is InChI=1S/C18H14N2O2S2/c21-17(13-6-9-23-11-13)19-14-4-3-12-5-7-20(15(12)10-14)18(22)16-2-1-8-24-16/h1-4,6,8-11H,5,7H2,(H,19,21). The van der Waals surface area contributed by atoms with E-state index in [4.69, 9.17) is 0 Å². The van der Waals surface area contributed by atoms with Crippen molar-refractivity contribution in [1.29, 1.82) is 0 Å². The van der Waals surface area contributed by atoms with Crippen molar-refractivity contribution >= 4 is 45.9 Å². The van der Waals surface area contributed by atoms with Gasteiger partial charge in [-0.2, -0.15) is 11.3 Å². The maximum Gasteiger partial charge on any atom is 0.268 e. The molecular formula is C18H14N2O2S2. The van der Waals surface area contributed by atoms with Crippen LogP contribution in [-0.2, 0) is 6.42 Å². The van der Waals surface area contributed by atoms with E-state index in [1.807, 2.05) is 46.5 Å². The molecule has 0 spiro atoms. The molecule has 1 N–H and O–H groups in total. The van der Waals surface area contributed by atoms with Crippen molar-refractivity contribution in [2.24, 2.45) is 0 Å². The van der Waals surface area contributed by atoms with Crippen LogP contribution in [0.25, 0.3) is 0 Å². The summed E-state index contributed by atoms with van der Waals surface area (Å²) >= 11 is 2.93. The summed E-state index contributed by atoms with van der Waals surface area (Å²) in [7, 11) is 0. The number of fused-ring (bicyclic) bond motifs is 1. The molecule has 0 atom stereocenters. The van der Waals surface area contributed by atoms with Gasteiger partial charge in [-0.25, -0.2) is 0 Å². The molecule has 4 rings (SSSR count). The zero-order valence-corrected chi connectivity index (χ0v) is 14.3. The topological polar surface area (TPSA) is 49.4 Å². The molecule has 2 amide bonds. The number of nitrogens with one attached hydrogen (secondary N) is 1. The van der Waals surface area contributed by atoms with E-state index in [9.17, 15) is 9.59 Å². The summed E-state index contributed by atoms with van der Waals surface area (Å²) in [5, 5.41) is 8.49. The maximum atomic E-state index is 12.6. The number of hydrogen-bond acceptors (Lipinski definition) is 4. The highest BCUT2D eigenvalue weighted by Crippen LogP contribution is 2.32. The fraction of sp³-hybridized carbons (Fsp3) is 0.111. The molecule has 0 saturated heterocycles. The molecule has 0 saturated carbocycles. The Balaban J connectivity index is 1.59. The summed E-state index contributed by atoms with van der Waals surface area (Å²) in [4.78, 5) is 27.4. The van der Waals surface area contributed by atoms with Crippen LogP contribution in [0.4, 0.5) is 11.4 Å². The molecular weight excluding hydrogens is 340 g/mol. The Hall–Kier alpha value is -2.44. The number of hydrogen-bond donors (Lipinski definition) is 1. The highest BCUT2D eigenvalue weighted by atomic mass is 32.1. The Morgan fingerprint density at radius 3 is 2.79 bits per heavy atom. The third-order valence-electron chi connectivity index (χ3n) is 4.00. The Morgan fingerprint density at radius 2 is 2.04 bits per heavy atom. The van der Waals surface area contributed by atoms with Crippen molar-refractivity contribution in [3.05, 3.63) is 68.5 Å². The lowest BCUT2D eigenvalue weighted by molar-refractivity contribution is 0.0991. The molecule has 3 heterocycles. The molecule has 2 aromatic heterocycles. The summed E-state index contributed by atoms with van der Waals surface area (Å²) < 4.78 is 0. The molecule has 3 aromatic rings. The normalized spacial score (nSPS) is 12.9. The van der Waals surface area contributed by atoms with E-state index < -0.39 is 0 Å². The second-order valence-corrected chi connectivity index (χ2v) is 7.22. The molecule has 0 bridgehead atoms. The molecule has 1 aliphatic heterocycles. The van der Waals surface area contributed by atoms with Crippen LogP contribution in [0.5, 0.6) is 0 Å². The van der Waals surface area contributed by atoms with Crippen LogP contribution in [0.15, 0.2) is 52.5 Å². The fourth-order valence-corrected chi connectivity index (χ4v) is 4.11. The number of thiophene rings is 2. The molecule has 0 aliphatic carbocycles. The first kappa shape index (κ1) is 15.1. The van der Waals surface area contributed by atoms with Crippen molar-refractivity contribution in [2.45, 2.75) is 6.42 Å². The zero-order chi connectivity index (χ0) is 16.5. The number of carbonyl (C=O) groups excluding carboxylic acids is 2. The van der Waals surface area contributed by atoms with E-state index in [-0.39, 0.29) is 11.8 Å². The Morgan fingerprint density at radius 1 is 1.12 bits per heavy atom. The van der Waals surface area contributed by atoms with E-state index in [1.165, 1.54) is 22.7 Å². The Bertz CT molecular complexity index is 886. The van der Waals surface area contributed by atoms with Gasteiger partial charge in [-0.1, -0.05) is 12.1 Å². The average molecular weight is 354 g/mol. The molecule has 0 fully saturated rings. The summed E-state index contributed by atoms with van der Waals surface area (Å²) in [6, 6.07) is 11.3. The third kappa shape index (κ3) is 2.74. The van der Waals surface area contributed by atoms with Gasteiger partial charge in [0, 0.05) is 23.3 Å². The van der Waals surface area contributed by atoms with Gasteiger partial charge >= 0.3 is 0 Å². The number of amides is 2. The van der Waals surface area contributed by atoms with Crippen LogP contribution in [0.3, 0.4) is 0 Å². The van der Waals surface area contributed by atoms with Crippen LogP contribution < -0.4 is 10.2 Å². The van der Waals surface area contributed by atoms with Crippen molar-refractivity contribution in [2.75, 3.05) is 16.8 Å². The molecule has 0 radical (unpaired) electrons. The fourth-order valence-electron chi connectivity index (χ4n) is 2.80. The van der Waals surface area contributed by atoms with Crippen molar-refractivity contribution in [3.63, 3.8) is 0 Å². The first-order valence-corrected chi connectivity index (χ1v) is 9.36. The van der Waals surface area contributed by atoms with E-state index in [0.717, 1.165) is 22.5 Å². The summed E-state index contributed by atoms with van der Waals surface area (Å²) in [6.45, 7) is 0.675. The summed E-state index contributed by atoms with van der Waals surface area (Å²) in [5.74, 6) is -0.115. The highest BCUT2D eigenvalue weighted by molar-refractivity contribution is 7.12. The number of rotatable bonds is 3. The monoisotopic (exact) mass is 354 g/mol. The second-order valence-electron chi connectivity index (χ2n) is 5.49. The first-order valence-electron chi connectivity index (χ1n) is 7.54. The van der Waals surface area contributed by atoms with Gasteiger partial charge in [0.25, 0.3) is 11.8 Å². The Kier molecular flexibility index (Phi) is 3.92. The predicted octanol–water partition coefficient (Wildman–Crippen LogP) is 4.26. The van der Waals surface area contributed by atoms with Crippen LogP contribution in [0, 0.1) is 0 Å². The lowest BCUT2D eigenvalue weighted by Gasteiger charge is -2.17. The van der Waals surface area contributed by atoms with Gasteiger partial charge in [-0.3, -0.25) is 9.59 Å². The number of benzene rings is 1. The van der Waals surface area contributed by atoms with E-state index in [1.54, 1.807) is 11.0 Å². The summed E-state index contributed by atoms with van der Waals surface area (Å²) in [6.07, 6.45) is 0.838. The van der Waals surface area contributed by atoms with Crippen LogP contribution >= 0.6 is 22.7 Å². The molecule has 24 heavy (non-hydrogen) atoms. The van der Waals surface area contributed by atoms with Crippen LogP contribution in [-0.4, -0.2) is 18.4 Å². The largest absolute Gasteiger partial charge is 0.322 e. The van der Waals surface area contributed by atoms with E-state index in [2.05, 4.69) is 5.32 Å². The SMILES string of the molecule is O=C(Nc1ccc2c(c1)N(C(=O)c1cccs1)CC2)c1ccsc1. The van der Waals surface area contributed by atoms with Gasteiger partial charge in [0.1, 0.15) is 0 Å².